The molecular formula is C19H20AsFN2O2. The fourth-order valence-corrected chi connectivity index (χ4v) is 4.44. The zero-order valence-electron chi connectivity index (χ0n) is 14.4. The van der Waals surface area contributed by atoms with Crippen LogP contribution in [-0.2, 0) is 0 Å². The second-order valence-corrected chi connectivity index (χ2v) is 8.39. The number of halogens is 1. The predicted octanol–water partition coefficient (Wildman–Crippen LogP) is 1.15. The molecule has 6 heteroatoms. The molecule has 2 rings (SSSR count). The van der Waals surface area contributed by atoms with Gasteiger partial charge < -0.3 is 0 Å². The van der Waals surface area contributed by atoms with Crippen LogP contribution in [0.2, 0.25) is 0 Å². The van der Waals surface area contributed by atoms with Gasteiger partial charge in [-0.15, -0.1) is 0 Å². The van der Waals surface area contributed by atoms with Gasteiger partial charge in [0.2, 0.25) is 0 Å². The molecule has 0 aliphatic heterocycles. The number of benzene rings is 1. The van der Waals surface area contributed by atoms with Gasteiger partial charge in [-0.3, -0.25) is 0 Å². The predicted molar refractivity (Wildman–Crippen MR) is 98.6 cm³/mol. The van der Waals surface area contributed by atoms with Crippen molar-refractivity contribution in [3.8, 4) is 18.1 Å². The summed E-state index contributed by atoms with van der Waals surface area (Å²) in [6, 6.07) is 8.17. The number of carbonyl (C=O) groups is 1. The molecule has 0 aliphatic carbocycles. The van der Waals surface area contributed by atoms with E-state index in [0.29, 0.717) is 16.5 Å². The summed E-state index contributed by atoms with van der Waals surface area (Å²) in [6.07, 6.45) is 7.80. The van der Waals surface area contributed by atoms with Gasteiger partial charge in [0.1, 0.15) is 0 Å². The van der Waals surface area contributed by atoms with Gasteiger partial charge in [0, 0.05) is 0 Å². The zero-order valence-corrected chi connectivity index (χ0v) is 16.5. The number of nitrogens with zero attached hydrogens (tertiary/aromatic N) is 1. The number of amides is 1. The Bertz CT molecular complexity index is 819. The summed E-state index contributed by atoms with van der Waals surface area (Å²) in [5.41, 5.74) is -0.204. The number of carbonyl (C=O) groups excluding carboxylic acids is 1. The number of rotatable bonds is 6. The molecule has 0 fully saturated rings. The van der Waals surface area contributed by atoms with E-state index in [9.17, 15) is 9.18 Å². The summed E-state index contributed by atoms with van der Waals surface area (Å²) in [4.78, 5) is 17.0. The Morgan fingerprint density at radius 2 is 2.24 bits per heavy atom. The third-order valence-corrected chi connectivity index (χ3v) is 6.47. The van der Waals surface area contributed by atoms with Crippen LogP contribution in [0.25, 0.3) is 0 Å². The van der Waals surface area contributed by atoms with Gasteiger partial charge >= 0.3 is 154 Å². The van der Waals surface area contributed by atoms with Gasteiger partial charge in [0.25, 0.3) is 0 Å². The number of pyridine rings is 1. The van der Waals surface area contributed by atoms with Crippen LogP contribution >= 0.6 is 0 Å². The maximum absolute atomic E-state index is 13.6. The summed E-state index contributed by atoms with van der Waals surface area (Å²) in [6.45, 7) is 3.73. The van der Waals surface area contributed by atoms with Gasteiger partial charge in [-0.25, -0.2) is 0 Å². The van der Waals surface area contributed by atoms with Gasteiger partial charge in [-0.1, -0.05) is 0 Å². The molecular weight excluding hydrogens is 382 g/mol. The average molecular weight is 402 g/mol. The Morgan fingerprint density at radius 1 is 1.48 bits per heavy atom. The third kappa shape index (κ3) is 4.61. The normalized spacial score (nSPS) is 13.2. The van der Waals surface area contributed by atoms with Gasteiger partial charge in [-0.05, 0) is 0 Å². The van der Waals surface area contributed by atoms with E-state index in [1.54, 1.807) is 30.5 Å². The molecule has 4 nitrogen and oxygen atoms in total. The Labute approximate surface area is 153 Å². The van der Waals surface area contributed by atoms with E-state index < -0.39 is 27.1 Å². The van der Waals surface area contributed by atoms with Crippen molar-refractivity contribution in [3.63, 3.8) is 0 Å². The quantitative estimate of drug-likeness (QED) is 0.583. The topological polar surface area (TPSA) is 51.2 Å². The van der Waals surface area contributed by atoms with Crippen molar-refractivity contribution >= 4 is 30.5 Å². The van der Waals surface area contributed by atoms with Crippen molar-refractivity contribution in [3.05, 3.63) is 47.9 Å². The number of ether oxygens (including phenoxy) is 1. The molecule has 0 saturated carbocycles. The minimum absolute atomic E-state index is 0.189. The molecule has 1 heterocycles. The Hall–Kier alpha value is -2.31. The monoisotopic (exact) mass is 402 g/mol. The molecule has 1 aromatic heterocycles. The second kappa shape index (κ2) is 8.18. The molecule has 0 saturated heterocycles. The Kier molecular flexibility index (Phi) is 6.22. The van der Waals surface area contributed by atoms with E-state index in [-0.39, 0.29) is 11.7 Å². The molecule has 1 aromatic carbocycles. The second-order valence-electron chi connectivity index (χ2n) is 5.66. The zero-order chi connectivity index (χ0) is 18.4. The van der Waals surface area contributed by atoms with Crippen molar-refractivity contribution in [2.45, 2.75) is 25.8 Å². The fraction of sp³-hybridized carbons (Fsp3) is 0.263. The molecule has 2 aromatic rings. The summed E-state index contributed by atoms with van der Waals surface area (Å²) >= 11 is -0.942. The maximum atomic E-state index is 13.6. The van der Waals surface area contributed by atoms with Crippen LogP contribution in [0.3, 0.4) is 0 Å². The van der Waals surface area contributed by atoms with Crippen LogP contribution in [0.4, 0.5) is 4.39 Å². The molecule has 0 aliphatic rings. The molecule has 1 N–H and O–H groups in total. The number of methoxy groups -OCH3 is 1. The summed E-state index contributed by atoms with van der Waals surface area (Å²) < 4.78 is 20.2. The van der Waals surface area contributed by atoms with Gasteiger partial charge in [0.05, 0.1) is 0 Å². The van der Waals surface area contributed by atoms with Crippen LogP contribution in [0.5, 0.6) is 5.75 Å². The summed E-state index contributed by atoms with van der Waals surface area (Å²) in [5.74, 6) is 2.15. The molecule has 2 unspecified atom stereocenters. The third-order valence-electron chi connectivity index (χ3n) is 3.88. The summed E-state index contributed by atoms with van der Waals surface area (Å²) in [5, 5.41) is 2.89. The molecule has 130 valence electrons. The molecule has 0 spiro atoms. The minimum atomic E-state index is -0.942. The van der Waals surface area contributed by atoms with Crippen molar-refractivity contribution in [2.24, 2.45) is 0 Å². The summed E-state index contributed by atoms with van der Waals surface area (Å²) in [7, 11) is 1.42. The number of nitrogens with one attached hydrogen (secondary N) is 1. The number of hydrogen-bond donors (Lipinski definition) is 1. The first kappa shape index (κ1) is 19.0. The first-order valence-corrected chi connectivity index (χ1v) is 9.88. The van der Waals surface area contributed by atoms with Crippen LogP contribution in [-0.4, -0.2) is 39.3 Å². The first-order chi connectivity index (χ1) is 11.9. The van der Waals surface area contributed by atoms with E-state index in [1.807, 2.05) is 13.8 Å². The van der Waals surface area contributed by atoms with Crippen LogP contribution in [0.15, 0.2) is 36.5 Å². The Morgan fingerprint density at radius 3 is 2.88 bits per heavy atom. The van der Waals surface area contributed by atoms with Gasteiger partial charge in [-0.2, -0.15) is 0 Å². The van der Waals surface area contributed by atoms with E-state index >= 15 is 0 Å². The van der Waals surface area contributed by atoms with E-state index in [1.165, 1.54) is 13.2 Å². The van der Waals surface area contributed by atoms with Gasteiger partial charge in [0.15, 0.2) is 0 Å². The van der Waals surface area contributed by atoms with Crippen molar-refractivity contribution < 1.29 is 13.9 Å². The molecule has 1 amide bonds. The average Bonchev–Trinajstić information content (AvgIpc) is 2.63. The molecule has 2 atom stereocenters. The van der Waals surface area contributed by atoms with Crippen LogP contribution in [0.1, 0.15) is 30.6 Å². The number of aromatic nitrogens is 1. The Balaban J connectivity index is 2.29. The standard InChI is InChI=1S/C19H20AsFN2O2/c1-5-19(3,6-2)23-18(24)14-8-7-11-22-17(14)20-13-9-10-15(21)16(12-13)25-4/h1,7-12,20H,6H2,2-4H3,(H,23,24). The SMILES string of the molecule is C#CC(C)(CC)NC(=O)c1cccnc1[AsH]c1ccc(F)c(OC)c1. The fourth-order valence-electron chi connectivity index (χ4n) is 2.11. The number of hydrogen-bond acceptors (Lipinski definition) is 3. The van der Waals surface area contributed by atoms with E-state index in [4.69, 9.17) is 11.2 Å². The van der Waals surface area contributed by atoms with E-state index in [0.717, 1.165) is 4.35 Å². The molecule has 0 bridgehead atoms. The van der Waals surface area contributed by atoms with Crippen molar-refractivity contribution in [2.75, 3.05) is 7.11 Å². The number of terminal acetylenes is 1. The molecule has 25 heavy (non-hydrogen) atoms. The van der Waals surface area contributed by atoms with Crippen LogP contribution in [0, 0.1) is 18.2 Å². The first-order valence-electron chi connectivity index (χ1n) is 7.78. The van der Waals surface area contributed by atoms with Crippen molar-refractivity contribution in [1.82, 2.24) is 10.3 Å². The van der Waals surface area contributed by atoms with Crippen LogP contribution < -0.4 is 18.9 Å². The molecule has 0 radical (unpaired) electrons. The van der Waals surface area contributed by atoms with E-state index in [2.05, 4.69) is 16.2 Å². The van der Waals surface area contributed by atoms with Crippen molar-refractivity contribution in [1.29, 1.82) is 0 Å².